The van der Waals surface area contributed by atoms with E-state index in [0.29, 0.717) is 0 Å². The molecular formula is C15H33N3. The molecule has 1 aliphatic heterocycles. The summed E-state index contributed by atoms with van der Waals surface area (Å²) in [6.07, 6.45) is 5.31. The highest BCUT2D eigenvalue weighted by atomic mass is 15.2. The molecule has 18 heavy (non-hydrogen) atoms. The topological polar surface area (TPSA) is 18.5 Å². The molecule has 1 rings (SSSR count). The van der Waals surface area contributed by atoms with E-state index in [9.17, 15) is 0 Å². The molecule has 1 saturated heterocycles. The molecule has 1 N–H and O–H groups in total. The number of hydrogen-bond donors (Lipinski definition) is 1. The number of likely N-dealkylation sites (tertiary alicyclic amines) is 1. The predicted octanol–water partition coefficient (Wildman–Crippen LogP) is 2.18. The van der Waals surface area contributed by atoms with Crippen LogP contribution in [0.3, 0.4) is 0 Å². The zero-order valence-corrected chi connectivity index (χ0v) is 12.9. The minimum Gasteiger partial charge on any atom is -0.317 e. The van der Waals surface area contributed by atoms with E-state index in [0.717, 1.165) is 18.6 Å². The van der Waals surface area contributed by atoms with Gasteiger partial charge in [-0.3, -0.25) is 0 Å². The van der Waals surface area contributed by atoms with Crippen molar-refractivity contribution in [2.75, 3.05) is 39.8 Å². The van der Waals surface area contributed by atoms with Crippen LogP contribution in [-0.4, -0.2) is 61.7 Å². The molecule has 0 aromatic rings. The summed E-state index contributed by atoms with van der Waals surface area (Å²) in [5.41, 5.74) is 0. The lowest BCUT2D eigenvalue weighted by atomic mass is 10.0. The van der Waals surface area contributed by atoms with Gasteiger partial charge in [-0.15, -0.1) is 0 Å². The summed E-state index contributed by atoms with van der Waals surface area (Å²) in [6.45, 7) is 12.9. The van der Waals surface area contributed by atoms with Crippen LogP contribution in [0.25, 0.3) is 0 Å². The Morgan fingerprint density at radius 1 is 1.28 bits per heavy atom. The van der Waals surface area contributed by atoms with Crippen LogP contribution in [0.4, 0.5) is 0 Å². The fraction of sp³-hybridized carbons (Fsp3) is 1.00. The summed E-state index contributed by atoms with van der Waals surface area (Å²) in [6, 6.07) is 1.53. The first kappa shape index (κ1) is 15.9. The molecule has 0 bridgehead atoms. The SMILES string of the molecule is CCNCCCC(C)N(C)C1CCN(CC)CC1. The Morgan fingerprint density at radius 2 is 1.94 bits per heavy atom. The molecule has 1 aliphatic rings. The Balaban J connectivity index is 2.20. The highest BCUT2D eigenvalue weighted by Gasteiger charge is 2.24. The quantitative estimate of drug-likeness (QED) is 0.671. The molecule has 0 radical (unpaired) electrons. The van der Waals surface area contributed by atoms with Crippen molar-refractivity contribution >= 4 is 0 Å². The number of nitrogens with one attached hydrogen (secondary N) is 1. The van der Waals surface area contributed by atoms with Gasteiger partial charge in [0.15, 0.2) is 0 Å². The molecule has 0 aromatic carbocycles. The van der Waals surface area contributed by atoms with E-state index in [-0.39, 0.29) is 0 Å². The molecule has 0 saturated carbocycles. The first-order chi connectivity index (χ1) is 8.69. The van der Waals surface area contributed by atoms with Gasteiger partial charge in [-0.1, -0.05) is 13.8 Å². The van der Waals surface area contributed by atoms with E-state index < -0.39 is 0 Å². The number of piperidine rings is 1. The monoisotopic (exact) mass is 255 g/mol. The van der Waals surface area contributed by atoms with Crippen molar-refractivity contribution in [3.8, 4) is 0 Å². The molecule has 0 aromatic heterocycles. The third-order valence-electron chi connectivity index (χ3n) is 4.50. The summed E-state index contributed by atoms with van der Waals surface area (Å²) in [5.74, 6) is 0. The molecule has 0 aliphatic carbocycles. The maximum Gasteiger partial charge on any atom is 0.0119 e. The molecule has 0 amide bonds. The zero-order chi connectivity index (χ0) is 13.4. The zero-order valence-electron chi connectivity index (χ0n) is 12.9. The van der Waals surface area contributed by atoms with Gasteiger partial charge in [0.2, 0.25) is 0 Å². The fourth-order valence-electron chi connectivity index (χ4n) is 2.91. The van der Waals surface area contributed by atoms with Gasteiger partial charge >= 0.3 is 0 Å². The van der Waals surface area contributed by atoms with E-state index >= 15 is 0 Å². The lowest BCUT2D eigenvalue weighted by molar-refractivity contribution is 0.100. The summed E-state index contributed by atoms with van der Waals surface area (Å²) in [5, 5.41) is 3.41. The number of hydrogen-bond acceptors (Lipinski definition) is 3. The van der Waals surface area contributed by atoms with Crippen molar-refractivity contribution in [3.05, 3.63) is 0 Å². The largest absolute Gasteiger partial charge is 0.317 e. The van der Waals surface area contributed by atoms with Crippen LogP contribution in [0.5, 0.6) is 0 Å². The van der Waals surface area contributed by atoms with E-state index in [2.05, 4.69) is 42.9 Å². The summed E-state index contributed by atoms with van der Waals surface area (Å²) in [4.78, 5) is 5.19. The first-order valence-electron chi connectivity index (χ1n) is 7.84. The number of rotatable bonds is 8. The van der Waals surface area contributed by atoms with Crippen LogP contribution in [0.15, 0.2) is 0 Å². The highest BCUT2D eigenvalue weighted by molar-refractivity contribution is 4.80. The summed E-state index contributed by atoms with van der Waals surface area (Å²) >= 11 is 0. The van der Waals surface area contributed by atoms with Crippen molar-refractivity contribution in [2.45, 2.75) is 58.5 Å². The van der Waals surface area contributed by atoms with Crippen LogP contribution < -0.4 is 5.32 Å². The van der Waals surface area contributed by atoms with Crippen molar-refractivity contribution < 1.29 is 0 Å². The lowest BCUT2D eigenvalue weighted by Crippen LogP contribution is -2.46. The maximum absolute atomic E-state index is 3.41. The Bertz CT molecular complexity index is 200. The molecule has 1 unspecified atom stereocenters. The Labute approximate surface area is 114 Å². The lowest BCUT2D eigenvalue weighted by Gasteiger charge is -2.39. The van der Waals surface area contributed by atoms with Gasteiger partial charge in [0.25, 0.3) is 0 Å². The molecule has 3 heteroatoms. The molecular weight excluding hydrogens is 222 g/mol. The van der Waals surface area contributed by atoms with Crippen molar-refractivity contribution in [1.29, 1.82) is 0 Å². The molecule has 1 heterocycles. The molecule has 1 atom stereocenters. The summed E-state index contributed by atoms with van der Waals surface area (Å²) < 4.78 is 0. The smallest absolute Gasteiger partial charge is 0.0119 e. The average molecular weight is 255 g/mol. The normalized spacial score (nSPS) is 20.5. The van der Waals surface area contributed by atoms with Crippen LogP contribution in [0.1, 0.15) is 46.5 Å². The van der Waals surface area contributed by atoms with Crippen LogP contribution >= 0.6 is 0 Å². The Hall–Kier alpha value is -0.120. The van der Waals surface area contributed by atoms with Crippen LogP contribution in [0.2, 0.25) is 0 Å². The molecule has 0 spiro atoms. The van der Waals surface area contributed by atoms with E-state index in [4.69, 9.17) is 0 Å². The minimum absolute atomic E-state index is 0.724. The Kier molecular flexibility index (Phi) is 7.87. The highest BCUT2D eigenvalue weighted by Crippen LogP contribution is 2.18. The van der Waals surface area contributed by atoms with E-state index in [1.807, 2.05) is 0 Å². The van der Waals surface area contributed by atoms with Crippen molar-refractivity contribution in [2.24, 2.45) is 0 Å². The second-order valence-electron chi connectivity index (χ2n) is 5.68. The van der Waals surface area contributed by atoms with Crippen LogP contribution in [-0.2, 0) is 0 Å². The standard InChI is InChI=1S/C15H33N3/c1-5-16-11-7-8-14(3)17(4)15-9-12-18(6-2)13-10-15/h14-16H,5-13H2,1-4H3. The van der Waals surface area contributed by atoms with Gasteiger partial charge in [-0.25, -0.2) is 0 Å². The van der Waals surface area contributed by atoms with Crippen molar-refractivity contribution in [3.63, 3.8) is 0 Å². The maximum atomic E-state index is 3.41. The van der Waals surface area contributed by atoms with Crippen molar-refractivity contribution in [1.82, 2.24) is 15.1 Å². The molecule has 108 valence electrons. The molecule has 3 nitrogen and oxygen atoms in total. The van der Waals surface area contributed by atoms with Gasteiger partial charge in [0, 0.05) is 12.1 Å². The van der Waals surface area contributed by atoms with Gasteiger partial charge in [0.1, 0.15) is 0 Å². The van der Waals surface area contributed by atoms with Crippen LogP contribution in [0, 0.1) is 0 Å². The van der Waals surface area contributed by atoms with Gasteiger partial charge < -0.3 is 15.1 Å². The number of nitrogens with zero attached hydrogens (tertiary/aromatic N) is 2. The molecule has 1 fully saturated rings. The predicted molar refractivity (Wildman–Crippen MR) is 80.1 cm³/mol. The third kappa shape index (κ3) is 5.25. The first-order valence-corrected chi connectivity index (χ1v) is 7.84. The third-order valence-corrected chi connectivity index (χ3v) is 4.50. The Morgan fingerprint density at radius 3 is 2.50 bits per heavy atom. The average Bonchev–Trinajstić information content (AvgIpc) is 2.42. The fourth-order valence-corrected chi connectivity index (χ4v) is 2.91. The van der Waals surface area contributed by atoms with Gasteiger partial charge in [0.05, 0.1) is 0 Å². The minimum atomic E-state index is 0.724. The van der Waals surface area contributed by atoms with E-state index in [1.165, 1.54) is 51.9 Å². The van der Waals surface area contributed by atoms with Gasteiger partial charge in [-0.05, 0) is 72.4 Å². The second kappa shape index (κ2) is 8.89. The van der Waals surface area contributed by atoms with E-state index in [1.54, 1.807) is 0 Å². The summed E-state index contributed by atoms with van der Waals surface area (Å²) in [7, 11) is 2.32. The second-order valence-corrected chi connectivity index (χ2v) is 5.68. The van der Waals surface area contributed by atoms with Gasteiger partial charge in [-0.2, -0.15) is 0 Å².